The van der Waals surface area contributed by atoms with Crippen LogP contribution in [0.2, 0.25) is 0 Å². The molecule has 0 aliphatic carbocycles. The summed E-state index contributed by atoms with van der Waals surface area (Å²) in [7, 11) is 0. The van der Waals surface area contributed by atoms with Crippen LogP contribution < -0.4 is 10.6 Å². The minimum atomic E-state index is 0.250. The van der Waals surface area contributed by atoms with Crippen LogP contribution in [0.15, 0.2) is 11.9 Å². The van der Waals surface area contributed by atoms with Gasteiger partial charge in [-0.25, -0.2) is 0 Å². The molecule has 2 N–H and O–H groups in total. The molecule has 1 atom stereocenters. The molecule has 2 heteroatoms. The van der Waals surface area contributed by atoms with E-state index < -0.39 is 0 Å². The SMILES string of the molecule is CC12NC=C1N2. The standard InChI is InChI=1S/C4H6N2/c1-4-3(6-4)2-5-4/h2,5-6H,1H3. The van der Waals surface area contributed by atoms with Crippen molar-refractivity contribution in [2.24, 2.45) is 0 Å². The molecule has 0 bridgehead atoms. The van der Waals surface area contributed by atoms with Gasteiger partial charge in [-0.1, -0.05) is 0 Å². The molecule has 0 spiro atoms. The molecule has 0 aromatic heterocycles. The zero-order valence-electron chi connectivity index (χ0n) is 3.58. The molecule has 0 saturated carbocycles. The van der Waals surface area contributed by atoms with E-state index in [9.17, 15) is 0 Å². The quantitative estimate of drug-likeness (QED) is 0.395. The molecular weight excluding hydrogens is 76.1 g/mol. The monoisotopic (exact) mass is 82.1 g/mol. The summed E-state index contributed by atoms with van der Waals surface area (Å²) in [5.41, 5.74) is 1.60. The molecule has 0 aromatic carbocycles. The fraction of sp³-hybridized carbons (Fsp3) is 0.500. The minimum Gasteiger partial charge on any atom is -0.363 e. The van der Waals surface area contributed by atoms with Crippen LogP contribution in [0.4, 0.5) is 0 Å². The van der Waals surface area contributed by atoms with Crippen molar-refractivity contribution in [2.45, 2.75) is 12.6 Å². The van der Waals surface area contributed by atoms with Gasteiger partial charge in [0.2, 0.25) is 0 Å². The highest BCUT2D eigenvalue weighted by atomic mass is 15.4. The first-order valence-electron chi connectivity index (χ1n) is 2.08. The van der Waals surface area contributed by atoms with Gasteiger partial charge in [-0.3, -0.25) is 0 Å². The van der Waals surface area contributed by atoms with Gasteiger partial charge in [0, 0.05) is 6.20 Å². The predicted molar refractivity (Wildman–Crippen MR) is 22.8 cm³/mol. The van der Waals surface area contributed by atoms with Crippen LogP contribution in [0.5, 0.6) is 0 Å². The largest absolute Gasteiger partial charge is 0.363 e. The van der Waals surface area contributed by atoms with Gasteiger partial charge in [-0.15, -0.1) is 0 Å². The van der Waals surface area contributed by atoms with Crippen LogP contribution in [0.25, 0.3) is 0 Å². The summed E-state index contributed by atoms with van der Waals surface area (Å²) in [4.78, 5) is 0. The maximum absolute atomic E-state index is 3.13. The molecule has 1 saturated heterocycles. The Balaban J connectivity index is 2.49. The van der Waals surface area contributed by atoms with E-state index in [4.69, 9.17) is 0 Å². The van der Waals surface area contributed by atoms with Gasteiger partial charge in [0.1, 0.15) is 5.66 Å². The summed E-state index contributed by atoms with van der Waals surface area (Å²) in [6.45, 7) is 2.11. The second-order valence-electron chi connectivity index (χ2n) is 1.95. The van der Waals surface area contributed by atoms with Crippen molar-refractivity contribution in [3.63, 3.8) is 0 Å². The minimum absolute atomic E-state index is 0.250. The van der Waals surface area contributed by atoms with Crippen LogP contribution in [0.3, 0.4) is 0 Å². The fourth-order valence-corrected chi connectivity index (χ4v) is 0.671. The molecule has 1 fully saturated rings. The summed E-state index contributed by atoms with van der Waals surface area (Å²) >= 11 is 0. The molecular formula is C4H6N2. The average Bonchev–Trinajstić information content (AvgIpc) is 1.88. The van der Waals surface area contributed by atoms with Crippen molar-refractivity contribution in [1.29, 1.82) is 0 Å². The molecule has 2 aliphatic heterocycles. The van der Waals surface area contributed by atoms with Crippen LogP contribution in [0.1, 0.15) is 6.92 Å². The van der Waals surface area contributed by atoms with Gasteiger partial charge in [0.15, 0.2) is 0 Å². The highest BCUT2D eigenvalue weighted by molar-refractivity contribution is 5.41. The third-order valence-electron chi connectivity index (χ3n) is 1.37. The lowest BCUT2D eigenvalue weighted by molar-refractivity contribution is 0.603. The maximum Gasteiger partial charge on any atom is 0.147 e. The van der Waals surface area contributed by atoms with Gasteiger partial charge >= 0.3 is 0 Å². The van der Waals surface area contributed by atoms with E-state index in [1.165, 1.54) is 5.70 Å². The molecule has 2 rings (SSSR count). The Morgan fingerprint density at radius 2 is 2.50 bits per heavy atom. The summed E-state index contributed by atoms with van der Waals surface area (Å²) in [6, 6.07) is 0. The van der Waals surface area contributed by atoms with E-state index in [-0.39, 0.29) is 5.66 Å². The van der Waals surface area contributed by atoms with E-state index in [1.54, 1.807) is 0 Å². The molecule has 6 heavy (non-hydrogen) atoms. The molecule has 0 radical (unpaired) electrons. The number of hydrogen-bond acceptors (Lipinski definition) is 2. The normalized spacial score (nSPS) is 46.5. The lowest BCUT2D eigenvalue weighted by Crippen LogP contribution is -2.31. The number of rotatable bonds is 0. The summed E-state index contributed by atoms with van der Waals surface area (Å²) in [5.74, 6) is 0. The average molecular weight is 82.1 g/mol. The summed E-state index contributed by atoms with van der Waals surface area (Å²) in [6.07, 6.45) is 1.99. The second-order valence-corrected chi connectivity index (χ2v) is 1.95. The lowest BCUT2D eigenvalue weighted by atomic mass is 10.2. The Kier molecular flexibility index (Phi) is 0.157. The molecule has 2 nitrogen and oxygen atoms in total. The van der Waals surface area contributed by atoms with Crippen molar-refractivity contribution in [3.8, 4) is 0 Å². The van der Waals surface area contributed by atoms with E-state index in [2.05, 4.69) is 17.6 Å². The predicted octanol–water partition coefficient (Wildman–Crippen LogP) is -0.250. The highest BCUT2D eigenvalue weighted by Crippen LogP contribution is 2.33. The number of fused-ring (bicyclic) bond motifs is 1. The van der Waals surface area contributed by atoms with E-state index >= 15 is 0 Å². The van der Waals surface area contributed by atoms with Crippen molar-refractivity contribution >= 4 is 0 Å². The summed E-state index contributed by atoms with van der Waals surface area (Å²) < 4.78 is 0. The topological polar surface area (TPSA) is 34.0 Å². The Morgan fingerprint density at radius 1 is 1.83 bits per heavy atom. The van der Waals surface area contributed by atoms with E-state index in [0.29, 0.717) is 0 Å². The van der Waals surface area contributed by atoms with Crippen molar-refractivity contribution in [1.82, 2.24) is 10.6 Å². The number of hydrogen-bond donors (Lipinski definition) is 2. The highest BCUT2D eigenvalue weighted by Gasteiger charge is 2.49. The fourth-order valence-electron chi connectivity index (χ4n) is 0.671. The van der Waals surface area contributed by atoms with Crippen LogP contribution >= 0.6 is 0 Å². The van der Waals surface area contributed by atoms with Gasteiger partial charge in [-0.2, -0.15) is 0 Å². The van der Waals surface area contributed by atoms with E-state index in [1.807, 2.05) is 6.20 Å². The smallest absolute Gasteiger partial charge is 0.147 e. The number of nitrogens with one attached hydrogen (secondary N) is 2. The Morgan fingerprint density at radius 3 is 2.50 bits per heavy atom. The third kappa shape index (κ3) is 0.0889. The Hall–Kier alpha value is -0.660. The first-order chi connectivity index (χ1) is 2.81. The van der Waals surface area contributed by atoms with Crippen LogP contribution in [-0.2, 0) is 0 Å². The van der Waals surface area contributed by atoms with Gasteiger partial charge in [0.25, 0.3) is 0 Å². The maximum atomic E-state index is 3.13. The molecule has 0 amide bonds. The molecule has 32 valence electrons. The Bertz CT molecular complexity index is 124. The van der Waals surface area contributed by atoms with Crippen molar-refractivity contribution < 1.29 is 0 Å². The summed E-state index contributed by atoms with van der Waals surface area (Å²) in [5, 5.41) is 6.22. The molecule has 2 heterocycles. The molecule has 1 unspecified atom stereocenters. The van der Waals surface area contributed by atoms with Gasteiger partial charge in [-0.05, 0) is 6.92 Å². The molecule has 0 aromatic rings. The Labute approximate surface area is 36.2 Å². The van der Waals surface area contributed by atoms with Crippen LogP contribution in [0, 0.1) is 0 Å². The first-order valence-corrected chi connectivity index (χ1v) is 2.08. The van der Waals surface area contributed by atoms with Crippen LogP contribution in [-0.4, -0.2) is 5.66 Å². The van der Waals surface area contributed by atoms with Crippen molar-refractivity contribution in [2.75, 3.05) is 0 Å². The van der Waals surface area contributed by atoms with Gasteiger partial charge < -0.3 is 10.6 Å². The zero-order chi connectivity index (χ0) is 4.20. The van der Waals surface area contributed by atoms with Crippen molar-refractivity contribution in [3.05, 3.63) is 11.9 Å². The zero-order valence-corrected chi connectivity index (χ0v) is 3.58. The third-order valence-corrected chi connectivity index (χ3v) is 1.37. The lowest BCUT2D eigenvalue weighted by Gasteiger charge is -2.09. The second kappa shape index (κ2) is 0.376. The van der Waals surface area contributed by atoms with Gasteiger partial charge in [0.05, 0.1) is 5.70 Å². The first kappa shape index (κ1) is 2.50. The van der Waals surface area contributed by atoms with E-state index in [0.717, 1.165) is 0 Å². The molecule has 2 aliphatic rings.